The fraction of sp³-hybridized carbons (Fsp3) is 0.857. The lowest BCUT2D eigenvalue weighted by molar-refractivity contribution is -0.138. The van der Waals surface area contributed by atoms with Crippen LogP contribution in [0.2, 0.25) is 0 Å². The molecule has 0 unspecified atom stereocenters. The van der Waals surface area contributed by atoms with Crippen LogP contribution in [-0.2, 0) is 9.53 Å². The van der Waals surface area contributed by atoms with Crippen molar-refractivity contribution in [1.29, 1.82) is 0 Å². The lowest BCUT2D eigenvalue weighted by Gasteiger charge is -2.40. The average Bonchev–Trinajstić information content (AvgIpc) is 2.37. The minimum Gasteiger partial charge on any atom is -0.444 e. The molecule has 0 radical (unpaired) electrons. The Bertz CT molecular complexity index is 372. The van der Waals surface area contributed by atoms with E-state index in [4.69, 9.17) is 4.74 Å². The van der Waals surface area contributed by atoms with Gasteiger partial charge in [-0.15, -0.1) is 0 Å². The number of carbonyl (C=O) groups is 2. The summed E-state index contributed by atoms with van der Waals surface area (Å²) in [5, 5.41) is 3.32. The SMILES string of the molecule is CC(C)(C)OC(=O)N1CCN([C@H]2CCCNC2)C(=O)C1. The highest BCUT2D eigenvalue weighted by Gasteiger charge is 2.33. The number of rotatable bonds is 1. The first-order chi connectivity index (χ1) is 9.37. The molecule has 0 aliphatic carbocycles. The van der Waals surface area contributed by atoms with Gasteiger partial charge in [0.25, 0.3) is 0 Å². The Morgan fingerprint density at radius 1 is 1.35 bits per heavy atom. The Balaban J connectivity index is 1.88. The van der Waals surface area contributed by atoms with Crippen molar-refractivity contribution in [2.24, 2.45) is 0 Å². The molecule has 0 spiro atoms. The number of nitrogens with zero attached hydrogens (tertiary/aromatic N) is 2. The molecule has 2 saturated heterocycles. The van der Waals surface area contributed by atoms with Gasteiger partial charge in [0.05, 0.1) is 0 Å². The Kier molecular flexibility index (Phi) is 4.52. The van der Waals surface area contributed by atoms with Crippen molar-refractivity contribution < 1.29 is 14.3 Å². The zero-order valence-corrected chi connectivity index (χ0v) is 12.6. The molecular weight excluding hydrogens is 258 g/mol. The molecule has 114 valence electrons. The van der Waals surface area contributed by atoms with E-state index < -0.39 is 11.7 Å². The van der Waals surface area contributed by atoms with Gasteiger partial charge in [-0.3, -0.25) is 9.69 Å². The van der Waals surface area contributed by atoms with E-state index in [1.54, 1.807) is 0 Å². The van der Waals surface area contributed by atoms with Gasteiger partial charge < -0.3 is 15.0 Å². The predicted octanol–water partition coefficient (Wildman–Crippen LogP) is 0.818. The second kappa shape index (κ2) is 5.99. The minimum atomic E-state index is -0.523. The largest absolute Gasteiger partial charge is 0.444 e. The number of nitrogens with one attached hydrogen (secondary N) is 1. The fourth-order valence-corrected chi connectivity index (χ4v) is 2.65. The van der Waals surface area contributed by atoms with Crippen molar-refractivity contribution in [3.05, 3.63) is 0 Å². The van der Waals surface area contributed by atoms with Crippen LogP contribution in [0.15, 0.2) is 0 Å². The summed E-state index contributed by atoms with van der Waals surface area (Å²) in [6.45, 7) is 8.66. The molecular formula is C14H25N3O3. The zero-order chi connectivity index (χ0) is 14.8. The van der Waals surface area contributed by atoms with Crippen LogP contribution in [0.25, 0.3) is 0 Å². The molecule has 1 N–H and O–H groups in total. The maximum atomic E-state index is 12.2. The zero-order valence-electron chi connectivity index (χ0n) is 12.6. The third kappa shape index (κ3) is 3.85. The van der Waals surface area contributed by atoms with Crippen LogP contribution in [0.3, 0.4) is 0 Å². The van der Waals surface area contributed by atoms with Crippen molar-refractivity contribution in [2.45, 2.75) is 45.3 Å². The smallest absolute Gasteiger partial charge is 0.410 e. The van der Waals surface area contributed by atoms with Gasteiger partial charge in [0, 0.05) is 25.7 Å². The second-order valence-corrected chi connectivity index (χ2v) is 6.49. The van der Waals surface area contributed by atoms with Crippen LogP contribution in [-0.4, -0.2) is 66.2 Å². The summed E-state index contributed by atoms with van der Waals surface area (Å²) in [6, 6.07) is 0.275. The lowest BCUT2D eigenvalue weighted by Crippen LogP contribution is -2.58. The third-order valence-electron chi connectivity index (χ3n) is 3.62. The summed E-state index contributed by atoms with van der Waals surface area (Å²) < 4.78 is 5.31. The van der Waals surface area contributed by atoms with E-state index in [2.05, 4.69) is 5.32 Å². The van der Waals surface area contributed by atoms with Crippen LogP contribution >= 0.6 is 0 Å². The predicted molar refractivity (Wildman–Crippen MR) is 75.4 cm³/mol. The molecule has 2 rings (SSSR count). The molecule has 2 aliphatic heterocycles. The first kappa shape index (κ1) is 15.1. The number of ether oxygens (including phenoxy) is 1. The Morgan fingerprint density at radius 3 is 2.65 bits per heavy atom. The Morgan fingerprint density at radius 2 is 2.10 bits per heavy atom. The van der Waals surface area contributed by atoms with E-state index in [0.717, 1.165) is 25.9 Å². The van der Waals surface area contributed by atoms with Crippen LogP contribution in [0.4, 0.5) is 4.79 Å². The van der Waals surface area contributed by atoms with Crippen molar-refractivity contribution in [2.75, 3.05) is 32.7 Å². The summed E-state index contributed by atoms with van der Waals surface area (Å²) in [5.41, 5.74) is -0.523. The summed E-state index contributed by atoms with van der Waals surface area (Å²) >= 11 is 0. The van der Waals surface area contributed by atoms with E-state index in [-0.39, 0.29) is 18.5 Å². The van der Waals surface area contributed by atoms with E-state index in [9.17, 15) is 9.59 Å². The first-order valence-electron chi connectivity index (χ1n) is 7.35. The third-order valence-corrected chi connectivity index (χ3v) is 3.62. The van der Waals surface area contributed by atoms with Crippen molar-refractivity contribution >= 4 is 12.0 Å². The van der Waals surface area contributed by atoms with Gasteiger partial charge in [0.15, 0.2) is 0 Å². The van der Waals surface area contributed by atoms with E-state index in [0.29, 0.717) is 13.1 Å². The van der Waals surface area contributed by atoms with E-state index >= 15 is 0 Å². The maximum Gasteiger partial charge on any atom is 0.410 e. The quantitative estimate of drug-likeness (QED) is 0.774. The van der Waals surface area contributed by atoms with Crippen LogP contribution in [0.5, 0.6) is 0 Å². The van der Waals surface area contributed by atoms with E-state index in [1.165, 1.54) is 4.90 Å². The molecule has 0 bridgehead atoms. The molecule has 0 saturated carbocycles. The molecule has 2 heterocycles. The van der Waals surface area contributed by atoms with Crippen LogP contribution in [0, 0.1) is 0 Å². The molecule has 6 heteroatoms. The van der Waals surface area contributed by atoms with Crippen molar-refractivity contribution in [3.63, 3.8) is 0 Å². The Labute approximate surface area is 120 Å². The summed E-state index contributed by atoms with van der Waals surface area (Å²) in [7, 11) is 0. The highest BCUT2D eigenvalue weighted by Crippen LogP contribution is 2.16. The molecule has 0 aromatic carbocycles. The van der Waals surface area contributed by atoms with Crippen molar-refractivity contribution in [1.82, 2.24) is 15.1 Å². The number of hydrogen-bond acceptors (Lipinski definition) is 4. The van der Waals surface area contributed by atoms with Gasteiger partial charge in [0.2, 0.25) is 5.91 Å². The standard InChI is InChI=1S/C14H25N3O3/c1-14(2,3)20-13(19)16-7-8-17(12(18)10-16)11-5-4-6-15-9-11/h11,15H,4-10H2,1-3H3/t11-/m0/s1. The summed E-state index contributed by atoms with van der Waals surface area (Å²) in [5.74, 6) is 0.0239. The van der Waals surface area contributed by atoms with Crippen LogP contribution in [0.1, 0.15) is 33.6 Å². The molecule has 2 amide bonds. The monoisotopic (exact) mass is 283 g/mol. The number of carbonyl (C=O) groups excluding carboxylic acids is 2. The lowest BCUT2D eigenvalue weighted by atomic mass is 10.0. The maximum absolute atomic E-state index is 12.2. The number of amides is 2. The summed E-state index contributed by atoms with van der Waals surface area (Å²) in [4.78, 5) is 27.6. The van der Waals surface area contributed by atoms with Gasteiger partial charge in [-0.25, -0.2) is 4.79 Å². The molecule has 2 aliphatic rings. The van der Waals surface area contributed by atoms with Gasteiger partial charge in [-0.2, -0.15) is 0 Å². The normalized spacial score (nSPS) is 24.8. The van der Waals surface area contributed by atoms with Gasteiger partial charge in [-0.1, -0.05) is 0 Å². The number of hydrogen-bond donors (Lipinski definition) is 1. The van der Waals surface area contributed by atoms with Gasteiger partial charge in [0.1, 0.15) is 12.1 Å². The molecule has 0 aromatic rings. The molecule has 6 nitrogen and oxygen atoms in total. The summed E-state index contributed by atoms with van der Waals surface area (Å²) in [6.07, 6.45) is 1.75. The van der Waals surface area contributed by atoms with Crippen molar-refractivity contribution in [3.8, 4) is 0 Å². The highest BCUT2D eigenvalue weighted by molar-refractivity contribution is 5.84. The van der Waals surface area contributed by atoms with Crippen LogP contribution < -0.4 is 5.32 Å². The number of piperidine rings is 1. The highest BCUT2D eigenvalue weighted by atomic mass is 16.6. The van der Waals surface area contributed by atoms with Gasteiger partial charge in [-0.05, 0) is 40.2 Å². The van der Waals surface area contributed by atoms with Gasteiger partial charge >= 0.3 is 6.09 Å². The molecule has 0 aromatic heterocycles. The minimum absolute atomic E-state index is 0.0239. The number of piperazine rings is 1. The fourth-order valence-electron chi connectivity index (χ4n) is 2.65. The molecule has 2 fully saturated rings. The van der Waals surface area contributed by atoms with E-state index in [1.807, 2.05) is 25.7 Å². The Hall–Kier alpha value is -1.30. The topological polar surface area (TPSA) is 61.9 Å². The average molecular weight is 283 g/mol. The second-order valence-electron chi connectivity index (χ2n) is 6.49. The molecule has 20 heavy (non-hydrogen) atoms. The molecule has 1 atom stereocenters. The first-order valence-corrected chi connectivity index (χ1v) is 7.35.